The van der Waals surface area contributed by atoms with Crippen LogP contribution in [0.15, 0.2) is 46.1 Å². The third-order valence-corrected chi connectivity index (χ3v) is 8.03. The van der Waals surface area contributed by atoms with E-state index in [4.69, 9.17) is 11.6 Å². The number of thioether (sulfide) groups is 1. The summed E-state index contributed by atoms with van der Waals surface area (Å²) in [5.74, 6) is -0.183. The van der Waals surface area contributed by atoms with Crippen LogP contribution in [-0.4, -0.2) is 26.9 Å². The highest BCUT2D eigenvalue weighted by molar-refractivity contribution is 8.00. The van der Waals surface area contributed by atoms with Crippen molar-refractivity contribution in [3.63, 3.8) is 0 Å². The van der Waals surface area contributed by atoms with Crippen LogP contribution < -0.4 is 0 Å². The molecule has 0 fully saturated rings. The van der Waals surface area contributed by atoms with Gasteiger partial charge in [-0.2, -0.15) is 5.10 Å². The minimum absolute atomic E-state index is 0.183. The van der Waals surface area contributed by atoms with Gasteiger partial charge in [0.05, 0.1) is 14.8 Å². The quantitative estimate of drug-likeness (QED) is 0.340. The van der Waals surface area contributed by atoms with Crippen molar-refractivity contribution >= 4 is 51.9 Å². The number of thiazole rings is 1. The number of nitrogens with zero attached hydrogens (tertiary/aromatic N) is 3. The largest absolute Gasteiger partial charge is 0.278 e. The summed E-state index contributed by atoms with van der Waals surface area (Å²) in [5, 5.41) is 8.26. The van der Waals surface area contributed by atoms with Crippen LogP contribution in [0.5, 0.6) is 0 Å². The Morgan fingerprint density at radius 1 is 1.18 bits per heavy atom. The summed E-state index contributed by atoms with van der Waals surface area (Å²) < 4.78 is 2.55. The van der Waals surface area contributed by atoms with Gasteiger partial charge in [-0.15, -0.1) is 34.4 Å². The molecule has 4 aromatic rings. The Kier molecular flexibility index (Phi) is 5.42. The summed E-state index contributed by atoms with van der Waals surface area (Å²) in [7, 11) is 0. The van der Waals surface area contributed by atoms with Gasteiger partial charge in [0.1, 0.15) is 5.01 Å². The second-order valence-corrected chi connectivity index (χ2v) is 9.56. The summed E-state index contributed by atoms with van der Waals surface area (Å²) >= 11 is 11.0. The highest BCUT2D eigenvalue weighted by atomic mass is 35.5. The number of thiophene rings is 1. The Morgan fingerprint density at radius 2 is 1.93 bits per heavy atom. The van der Waals surface area contributed by atoms with Crippen LogP contribution in [-0.2, 0) is 0 Å². The lowest BCUT2D eigenvalue weighted by molar-refractivity contribution is 0.0945. The highest BCUT2D eigenvalue weighted by Crippen LogP contribution is 2.46. The van der Waals surface area contributed by atoms with Gasteiger partial charge < -0.3 is 0 Å². The molecule has 0 aliphatic rings. The maximum atomic E-state index is 12.7. The molecule has 1 aromatic carbocycles. The average Bonchev–Trinajstić information content (AvgIpc) is 3.40. The maximum absolute atomic E-state index is 12.7. The van der Waals surface area contributed by atoms with E-state index in [0.717, 1.165) is 32.4 Å². The lowest BCUT2D eigenvalue weighted by atomic mass is 10.1. The normalized spacial score (nSPS) is 11.1. The minimum Gasteiger partial charge on any atom is -0.267 e. The summed E-state index contributed by atoms with van der Waals surface area (Å²) in [6.07, 6.45) is 3.77. The van der Waals surface area contributed by atoms with Gasteiger partial charge in [0.2, 0.25) is 0 Å². The highest BCUT2D eigenvalue weighted by Gasteiger charge is 2.21. The summed E-state index contributed by atoms with van der Waals surface area (Å²) in [6.45, 7) is 4.10. The van der Waals surface area contributed by atoms with Crippen LogP contribution >= 0.6 is 46.0 Å². The number of rotatable bonds is 4. The lowest BCUT2D eigenvalue weighted by Gasteiger charge is -2.02. The van der Waals surface area contributed by atoms with E-state index in [2.05, 4.69) is 28.6 Å². The molecule has 4 nitrogen and oxygen atoms in total. The van der Waals surface area contributed by atoms with Crippen molar-refractivity contribution in [2.45, 2.75) is 18.1 Å². The number of benzene rings is 1. The first-order chi connectivity index (χ1) is 13.5. The Hall–Kier alpha value is -1.93. The third kappa shape index (κ3) is 3.55. The molecule has 0 aliphatic heterocycles. The second kappa shape index (κ2) is 7.83. The lowest BCUT2D eigenvalue weighted by Crippen LogP contribution is -2.12. The van der Waals surface area contributed by atoms with E-state index in [1.54, 1.807) is 64.9 Å². The molecular weight excluding hydrogens is 430 g/mol. The molecule has 3 aromatic heterocycles. The molecule has 0 aliphatic carbocycles. The first-order valence-corrected chi connectivity index (χ1v) is 11.7. The van der Waals surface area contributed by atoms with Gasteiger partial charge in [-0.1, -0.05) is 11.6 Å². The van der Waals surface area contributed by atoms with E-state index in [9.17, 15) is 4.79 Å². The van der Waals surface area contributed by atoms with Crippen LogP contribution in [0.25, 0.3) is 21.1 Å². The zero-order chi connectivity index (χ0) is 19.8. The fourth-order valence-corrected chi connectivity index (χ4v) is 6.05. The zero-order valence-corrected chi connectivity index (χ0v) is 18.6. The minimum atomic E-state index is -0.183. The molecule has 0 N–H and O–H groups in total. The van der Waals surface area contributed by atoms with Crippen LogP contribution in [0.3, 0.4) is 0 Å². The predicted octanol–water partition coefficient (Wildman–Crippen LogP) is 6.42. The molecule has 0 saturated heterocycles. The van der Waals surface area contributed by atoms with Crippen LogP contribution in [0.2, 0.25) is 5.02 Å². The van der Waals surface area contributed by atoms with E-state index in [1.807, 2.05) is 13.0 Å². The average molecular weight is 446 g/mol. The van der Waals surface area contributed by atoms with Crippen molar-refractivity contribution in [3.8, 4) is 21.1 Å². The Labute approximate surface area is 180 Å². The van der Waals surface area contributed by atoms with E-state index >= 15 is 0 Å². The van der Waals surface area contributed by atoms with E-state index in [-0.39, 0.29) is 5.91 Å². The summed E-state index contributed by atoms with van der Waals surface area (Å²) in [5.41, 5.74) is 4.58. The monoisotopic (exact) mass is 445 g/mol. The fraction of sp³-hybridized carbons (Fsp3) is 0.150. The van der Waals surface area contributed by atoms with Gasteiger partial charge in [0, 0.05) is 33.4 Å². The van der Waals surface area contributed by atoms with Crippen LogP contribution in [0.4, 0.5) is 0 Å². The van der Waals surface area contributed by atoms with E-state index in [0.29, 0.717) is 10.6 Å². The molecule has 0 spiro atoms. The molecule has 142 valence electrons. The number of hydrogen-bond acceptors (Lipinski definition) is 6. The fourth-order valence-electron chi connectivity index (χ4n) is 2.88. The first kappa shape index (κ1) is 19.4. The molecule has 0 atom stereocenters. The van der Waals surface area contributed by atoms with Crippen molar-refractivity contribution in [2.24, 2.45) is 0 Å². The number of aryl methyl sites for hydroxylation is 1. The second-order valence-electron chi connectivity index (χ2n) is 6.17. The number of carbonyl (C=O) groups is 1. The molecule has 4 rings (SSSR count). The van der Waals surface area contributed by atoms with Crippen LogP contribution in [0, 0.1) is 13.8 Å². The van der Waals surface area contributed by atoms with Gasteiger partial charge in [0.15, 0.2) is 0 Å². The first-order valence-electron chi connectivity index (χ1n) is 8.44. The van der Waals surface area contributed by atoms with Gasteiger partial charge in [-0.25, -0.2) is 9.67 Å². The number of carbonyl (C=O) groups excluding carboxylic acids is 1. The summed E-state index contributed by atoms with van der Waals surface area (Å²) in [4.78, 5) is 18.5. The van der Waals surface area contributed by atoms with E-state index < -0.39 is 0 Å². The topological polar surface area (TPSA) is 47.8 Å². The van der Waals surface area contributed by atoms with Crippen molar-refractivity contribution in [3.05, 3.63) is 63.8 Å². The Morgan fingerprint density at radius 3 is 2.57 bits per heavy atom. The Bertz CT molecular complexity index is 1160. The third-order valence-electron chi connectivity index (χ3n) is 4.26. The molecule has 0 amide bonds. The van der Waals surface area contributed by atoms with Crippen LogP contribution in [0.1, 0.15) is 21.6 Å². The maximum Gasteiger partial charge on any atom is 0.278 e. The van der Waals surface area contributed by atoms with Crippen molar-refractivity contribution in [1.82, 2.24) is 14.8 Å². The van der Waals surface area contributed by atoms with E-state index in [1.165, 1.54) is 8.89 Å². The molecule has 0 saturated carbocycles. The zero-order valence-electron chi connectivity index (χ0n) is 15.4. The summed E-state index contributed by atoms with van der Waals surface area (Å²) in [6, 6.07) is 8.71. The van der Waals surface area contributed by atoms with Gasteiger partial charge in [0.25, 0.3) is 5.91 Å². The van der Waals surface area contributed by atoms with Gasteiger partial charge in [-0.05, 0) is 56.0 Å². The predicted molar refractivity (Wildman–Crippen MR) is 119 cm³/mol. The van der Waals surface area contributed by atoms with Crippen molar-refractivity contribution in [2.75, 3.05) is 6.26 Å². The van der Waals surface area contributed by atoms with Crippen molar-refractivity contribution < 1.29 is 4.79 Å². The number of halogens is 1. The smallest absolute Gasteiger partial charge is 0.267 e. The standard InChI is InChI=1S/C20H16ClN3OS3/c1-11-10-27-18(22-11)17-12(2)16(20(26-3)28-17)15-8-9-24(23-15)19(25)13-4-6-14(21)7-5-13/h4-10H,1-3H3. The molecular formula is C20H16ClN3OS3. The molecule has 8 heteroatoms. The van der Waals surface area contributed by atoms with Gasteiger partial charge >= 0.3 is 0 Å². The molecule has 28 heavy (non-hydrogen) atoms. The number of hydrogen-bond donors (Lipinski definition) is 0. The van der Waals surface area contributed by atoms with Crippen molar-refractivity contribution in [1.29, 1.82) is 0 Å². The number of aromatic nitrogens is 3. The van der Waals surface area contributed by atoms with Gasteiger partial charge in [-0.3, -0.25) is 4.79 Å². The molecule has 3 heterocycles. The molecule has 0 unspecified atom stereocenters. The molecule has 0 bridgehead atoms. The SMILES string of the molecule is CSc1sc(-c2nc(C)cs2)c(C)c1-c1ccn(C(=O)c2ccc(Cl)cc2)n1. The molecule has 0 radical (unpaired) electrons. The Balaban J connectivity index is 1.73.